The molecule has 0 atom stereocenters. The summed E-state index contributed by atoms with van der Waals surface area (Å²) in [7, 11) is 0. The maximum absolute atomic E-state index is 12.8. The largest absolute Gasteiger partial charge is 0.349 e. The molecule has 3 rings (SSSR count). The van der Waals surface area contributed by atoms with Crippen molar-refractivity contribution in [1.82, 2.24) is 14.8 Å². The molecule has 1 aromatic heterocycles. The van der Waals surface area contributed by atoms with E-state index in [9.17, 15) is 4.79 Å². The lowest BCUT2D eigenvalue weighted by Gasteiger charge is -2.35. The van der Waals surface area contributed by atoms with Crippen LogP contribution in [-0.4, -0.2) is 53.4 Å². The van der Waals surface area contributed by atoms with Crippen molar-refractivity contribution in [3.63, 3.8) is 0 Å². The first-order chi connectivity index (χ1) is 11.0. The van der Waals surface area contributed by atoms with Crippen molar-refractivity contribution in [1.29, 1.82) is 0 Å². The van der Waals surface area contributed by atoms with Gasteiger partial charge in [0.15, 0.2) is 0 Å². The Bertz CT molecular complexity index is 718. The summed E-state index contributed by atoms with van der Waals surface area (Å²) >= 11 is 12.4. The number of nitrogens with zero attached hydrogens (tertiary/aromatic N) is 2. The van der Waals surface area contributed by atoms with Gasteiger partial charge in [-0.25, -0.2) is 0 Å². The van der Waals surface area contributed by atoms with Crippen molar-refractivity contribution in [2.45, 2.75) is 13.8 Å². The van der Waals surface area contributed by atoms with Gasteiger partial charge >= 0.3 is 0 Å². The third kappa shape index (κ3) is 3.49. The molecule has 0 unspecified atom stereocenters. The fourth-order valence-corrected chi connectivity index (χ4v) is 3.54. The molecule has 0 saturated carbocycles. The Kier molecular flexibility index (Phi) is 4.85. The zero-order valence-electron chi connectivity index (χ0n) is 13.4. The van der Waals surface area contributed by atoms with Gasteiger partial charge in [-0.05, 0) is 24.1 Å². The lowest BCUT2D eigenvalue weighted by Crippen LogP contribution is -2.49. The van der Waals surface area contributed by atoms with Gasteiger partial charge in [-0.15, -0.1) is 0 Å². The highest BCUT2D eigenvalue weighted by molar-refractivity contribution is 6.39. The Morgan fingerprint density at radius 2 is 1.91 bits per heavy atom. The maximum atomic E-state index is 12.8. The highest BCUT2D eigenvalue weighted by Crippen LogP contribution is 2.30. The number of hydrogen-bond donors (Lipinski definition) is 1. The molecule has 2 aromatic rings. The normalized spacial score (nSPS) is 16.5. The number of piperazine rings is 1. The molecule has 23 heavy (non-hydrogen) atoms. The highest BCUT2D eigenvalue weighted by atomic mass is 35.5. The Morgan fingerprint density at radius 3 is 2.57 bits per heavy atom. The molecule has 124 valence electrons. The Morgan fingerprint density at radius 1 is 1.22 bits per heavy atom. The number of rotatable bonds is 3. The number of halogens is 2. The number of fused-ring (bicyclic) bond motifs is 1. The van der Waals surface area contributed by atoms with E-state index in [4.69, 9.17) is 23.2 Å². The molecule has 1 aliphatic heterocycles. The lowest BCUT2D eigenvalue weighted by atomic mass is 10.2. The van der Waals surface area contributed by atoms with E-state index >= 15 is 0 Å². The lowest BCUT2D eigenvalue weighted by molar-refractivity contribution is 0.0619. The molecule has 1 amide bonds. The van der Waals surface area contributed by atoms with Gasteiger partial charge in [-0.1, -0.05) is 37.0 Å². The van der Waals surface area contributed by atoms with E-state index < -0.39 is 0 Å². The number of aromatic nitrogens is 1. The minimum atomic E-state index is -0.0356. The quantitative estimate of drug-likeness (QED) is 0.908. The Balaban J connectivity index is 1.75. The van der Waals surface area contributed by atoms with Crippen LogP contribution in [0, 0.1) is 5.92 Å². The van der Waals surface area contributed by atoms with Crippen molar-refractivity contribution < 1.29 is 4.79 Å². The van der Waals surface area contributed by atoms with E-state index in [0.717, 1.165) is 43.6 Å². The summed E-state index contributed by atoms with van der Waals surface area (Å²) in [5.41, 5.74) is 1.29. The highest BCUT2D eigenvalue weighted by Gasteiger charge is 2.26. The van der Waals surface area contributed by atoms with Crippen LogP contribution in [0.15, 0.2) is 18.2 Å². The summed E-state index contributed by atoms with van der Waals surface area (Å²) in [6.45, 7) is 8.80. The van der Waals surface area contributed by atoms with Crippen LogP contribution < -0.4 is 0 Å². The van der Waals surface area contributed by atoms with Gasteiger partial charge in [-0.2, -0.15) is 0 Å². The van der Waals surface area contributed by atoms with Crippen molar-refractivity contribution in [2.75, 3.05) is 32.7 Å². The first kappa shape index (κ1) is 16.6. The summed E-state index contributed by atoms with van der Waals surface area (Å²) in [5.74, 6) is 0.608. The molecular weight excluding hydrogens is 333 g/mol. The van der Waals surface area contributed by atoms with Gasteiger partial charge in [0.05, 0.1) is 5.02 Å². The average Bonchev–Trinajstić information content (AvgIpc) is 2.84. The molecule has 1 N–H and O–H groups in total. The summed E-state index contributed by atoms with van der Waals surface area (Å²) < 4.78 is 0. The van der Waals surface area contributed by atoms with E-state index in [1.54, 1.807) is 12.1 Å². The smallest absolute Gasteiger partial charge is 0.271 e. The van der Waals surface area contributed by atoms with Gasteiger partial charge in [0.25, 0.3) is 5.91 Å². The van der Waals surface area contributed by atoms with E-state index in [2.05, 4.69) is 23.7 Å². The molecule has 1 fully saturated rings. The van der Waals surface area contributed by atoms with Crippen LogP contribution in [0.5, 0.6) is 0 Å². The number of hydrogen-bond acceptors (Lipinski definition) is 2. The standard InChI is InChI=1S/C17H21Cl2N3O/c1-11(2)10-21-5-7-22(8-6-21)17(23)16-15(19)13-9-12(18)3-4-14(13)20-16/h3-4,9,11,20H,5-8,10H2,1-2H3. The fourth-order valence-electron chi connectivity index (χ4n) is 3.09. The first-order valence-corrected chi connectivity index (χ1v) is 8.69. The molecule has 0 radical (unpaired) electrons. The van der Waals surface area contributed by atoms with Crippen molar-refractivity contribution in [3.8, 4) is 0 Å². The van der Waals surface area contributed by atoms with Crippen LogP contribution in [0.25, 0.3) is 10.9 Å². The second-order valence-electron chi connectivity index (χ2n) is 6.49. The van der Waals surface area contributed by atoms with Crippen LogP contribution in [0.3, 0.4) is 0 Å². The van der Waals surface area contributed by atoms with Crippen molar-refractivity contribution in [3.05, 3.63) is 33.9 Å². The van der Waals surface area contributed by atoms with E-state index in [-0.39, 0.29) is 5.91 Å². The van der Waals surface area contributed by atoms with E-state index in [1.807, 2.05) is 11.0 Å². The third-order valence-electron chi connectivity index (χ3n) is 4.19. The van der Waals surface area contributed by atoms with Gasteiger partial charge in [0, 0.05) is 48.6 Å². The molecule has 6 heteroatoms. The molecule has 0 bridgehead atoms. The third-order valence-corrected chi connectivity index (χ3v) is 4.82. The minimum absolute atomic E-state index is 0.0356. The number of amides is 1. The Labute approximate surface area is 146 Å². The number of nitrogens with one attached hydrogen (secondary N) is 1. The molecule has 1 aromatic carbocycles. The number of H-pyrrole nitrogens is 1. The number of benzene rings is 1. The van der Waals surface area contributed by atoms with E-state index in [1.165, 1.54) is 0 Å². The molecular formula is C17H21Cl2N3O. The van der Waals surface area contributed by atoms with Crippen molar-refractivity contribution >= 4 is 40.0 Å². The summed E-state index contributed by atoms with van der Waals surface area (Å²) in [5, 5.41) is 1.86. The number of carbonyl (C=O) groups is 1. The molecule has 0 spiro atoms. The predicted molar refractivity (Wildman–Crippen MR) is 95.5 cm³/mol. The first-order valence-electron chi connectivity index (χ1n) is 7.94. The van der Waals surface area contributed by atoms with Crippen LogP contribution in [0.4, 0.5) is 0 Å². The second-order valence-corrected chi connectivity index (χ2v) is 7.30. The topological polar surface area (TPSA) is 39.3 Å². The molecule has 1 aliphatic rings. The molecule has 2 heterocycles. The summed E-state index contributed by atoms with van der Waals surface area (Å²) in [6, 6.07) is 5.42. The van der Waals surface area contributed by atoms with Gasteiger partial charge < -0.3 is 9.88 Å². The van der Waals surface area contributed by atoms with Crippen molar-refractivity contribution in [2.24, 2.45) is 5.92 Å². The number of carbonyl (C=O) groups excluding carboxylic acids is 1. The molecule has 4 nitrogen and oxygen atoms in total. The maximum Gasteiger partial charge on any atom is 0.271 e. The summed E-state index contributed by atoms with van der Waals surface area (Å²) in [4.78, 5) is 20.2. The van der Waals surface area contributed by atoms with Crippen LogP contribution in [-0.2, 0) is 0 Å². The Hall–Kier alpha value is -1.23. The fraction of sp³-hybridized carbons (Fsp3) is 0.471. The van der Waals surface area contributed by atoms with E-state index in [0.29, 0.717) is 21.7 Å². The van der Waals surface area contributed by atoms with Crippen LogP contribution in [0.1, 0.15) is 24.3 Å². The van der Waals surface area contributed by atoms with Crippen LogP contribution in [0.2, 0.25) is 10.0 Å². The van der Waals surface area contributed by atoms with Gasteiger partial charge in [-0.3, -0.25) is 9.69 Å². The van der Waals surface area contributed by atoms with Gasteiger partial charge in [0.2, 0.25) is 0 Å². The van der Waals surface area contributed by atoms with Gasteiger partial charge in [0.1, 0.15) is 5.69 Å². The average molecular weight is 354 g/mol. The minimum Gasteiger partial charge on any atom is -0.349 e. The summed E-state index contributed by atoms with van der Waals surface area (Å²) in [6.07, 6.45) is 0. The zero-order chi connectivity index (χ0) is 16.6. The predicted octanol–water partition coefficient (Wildman–Crippen LogP) is 3.89. The SMILES string of the molecule is CC(C)CN1CCN(C(=O)c2[nH]c3ccc(Cl)cc3c2Cl)CC1. The molecule has 0 aliphatic carbocycles. The monoisotopic (exact) mass is 353 g/mol. The number of aromatic amines is 1. The second kappa shape index (κ2) is 6.71. The van der Waals surface area contributed by atoms with Crippen LogP contribution >= 0.6 is 23.2 Å². The zero-order valence-corrected chi connectivity index (χ0v) is 14.9. The molecule has 1 saturated heterocycles.